The first kappa shape index (κ1) is 12.7. The molecule has 0 radical (unpaired) electrons. The molecule has 0 fully saturated rings. The van der Waals surface area contributed by atoms with Crippen molar-refractivity contribution in [3.8, 4) is 0 Å². The van der Waals surface area contributed by atoms with E-state index in [4.69, 9.17) is 11.6 Å². The van der Waals surface area contributed by atoms with Crippen LogP contribution in [0.15, 0.2) is 69.4 Å². The van der Waals surface area contributed by atoms with E-state index < -0.39 is 0 Å². The average Bonchev–Trinajstić information content (AvgIpc) is 2.39. The molecule has 0 nitrogen and oxygen atoms in total. The first-order valence-corrected chi connectivity index (χ1v) is 7.14. The van der Waals surface area contributed by atoms with E-state index in [0.29, 0.717) is 0 Å². The van der Waals surface area contributed by atoms with Crippen molar-refractivity contribution in [1.82, 2.24) is 0 Å². The van der Waals surface area contributed by atoms with Gasteiger partial charge in [-0.2, -0.15) is 0 Å². The molecule has 0 aliphatic heterocycles. The fraction of sp³-hybridized carbons (Fsp3) is 0. The van der Waals surface area contributed by atoms with Crippen LogP contribution in [0.4, 0.5) is 0 Å². The van der Waals surface area contributed by atoms with Crippen LogP contribution in [-0.4, -0.2) is 0 Å². The molecule has 0 saturated carbocycles. The third-order valence-corrected chi connectivity index (χ3v) is 4.04. The van der Waals surface area contributed by atoms with Gasteiger partial charge < -0.3 is 0 Å². The molecule has 2 aromatic rings. The number of hydrogen-bond acceptors (Lipinski definition) is 1. The second-order valence-electron chi connectivity index (χ2n) is 3.40. The summed E-state index contributed by atoms with van der Waals surface area (Å²) in [5.74, 6) is 0. The van der Waals surface area contributed by atoms with Gasteiger partial charge in [-0.15, -0.1) is 0 Å². The van der Waals surface area contributed by atoms with Crippen LogP contribution in [0.3, 0.4) is 0 Å². The normalized spacial score (nSPS) is 11.5. The summed E-state index contributed by atoms with van der Waals surface area (Å²) in [7, 11) is 0. The summed E-state index contributed by atoms with van der Waals surface area (Å²) >= 11 is 11.2. The Morgan fingerprint density at radius 1 is 1.00 bits per heavy atom. The van der Waals surface area contributed by atoms with Crippen molar-refractivity contribution < 1.29 is 0 Å². The predicted molar refractivity (Wildman–Crippen MR) is 80.3 cm³/mol. The molecule has 0 aliphatic rings. The summed E-state index contributed by atoms with van der Waals surface area (Å²) in [6.45, 7) is 0. The minimum Gasteiger partial charge on any atom is -0.0965 e. The molecule has 0 heterocycles. The molecule has 0 aliphatic carbocycles. The van der Waals surface area contributed by atoms with E-state index in [-0.39, 0.29) is 0 Å². The molecular weight excluding hydrogens is 316 g/mol. The topological polar surface area (TPSA) is 0 Å². The Bertz CT molecular complexity index is 506. The van der Waals surface area contributed by atoms with E-state index in [0.717, 1.165) is 15.1 Å². The lowest BCUT2D eigenvalue weighted by Crippen LogP contribution is -1.74. The maximum absolute atomic E-state index is 6.22. The fourth-order valence-electron chi connectivity index (χ4n) is 1.30. The van der Waals surface area contributed by atoms with Crippen LogP contribution in [0, 0.1) is 0 Å². The molecule has 0 unspecified atom stereocenters. The zero-order chi connectivity index (χ0) is 12.1. The van der Waals surface area contributed by atoms with Crippen LogP contribution >= 0.6 is 39.3 Å². The third kappa shape index (κ3) is 3.91. The van der Waals surface area contributed by atoms with Gasteiger partial charge in [0.15, 0.2) is 0 Å². The molecule has 0 bridgehead atoms. The quantitative estimate of drug-likeness (QED) is 0.645. The van der Waals surface area contributed by atoms with Gasteiger partial charge in [-0.3, -0.25) is 0 Å². The largest absolute Gasteiger partial charge is 0.0965 e. The molecule has 0 amide bonds. The molecule has 2 aromatic carbocycles. The Morgan fingerprint density at radius 2 is 1.65 bits per heavy atom. The molecule has 0 atom stereocenters. The smallest absolute Gasteiger partial charge is 0.0544 e. The summed E-state index contributed by atoms with van der Waals surface area (Å²) in [4.78, 5) is 1.17. The number of thioether (sulfide) groups is 1. The van der Waals surface area contributed by atoms with E-state index in [1.807, 2.05) is 47.9 Å². The van der Waals surface area contributed by atoms with Crippen molar-refractivity contribution in [1.29, 1.82) is 0 Å². The summed E-state index contributed by atoms with van der Waals surface area (Å²) in [6.07, 6.45) is 0. The lowest BCUT2D eigenvalue weighted by molar-refractivity contribution is 1.45. The Morgan fingerprint density at radius 3 is 2.29 bits per heavy atom. The minimum absolute atomic E-state index is 0.763. The lowest BCUT2D eigenvalue weighted by atomic mass is 10.2. The van der Waals surface area contributed by atoms with Gasteiger partial charge in [0.1, 0.15) is 0 Å². The highest BCUT2D eigenvalue weighted by atomic mass is 79.9. The zero-order valence-corrected chi connectivity index (χ0v) is 12.1. The highest BCUT2D eigenvalue weighted by Crippen LogP contribution is 2.27. The van der Waals surface area contributed by atoms with Crippen LogP contribution < -0.4 is 0 Å². The van der Waals surface area contributed by atoms with E-state index in [2.05, 4.69) is 28.1 Å². The predicted octanol–water partition coefficient (Wildman–Crippen LogP) is 5.78. The Hall–Kier alpha value is -0.700. The molecule has 17 heavy (non-hydrogen) atoms. The molecule has 3 heteroatoms. The van der Waals surface area contributed by atoms with Crippen molar-refractivity contribution in [3.05, 3.63) is 70.0 Å². The summed E-state index contributed by atoms with van der Waals surface area (Å²) in [5, 5.41) is 2.72. The Kier molecular flexibility index (Phi) is 4.72. The second kappa shape index (κ2) is 6.29. The molecule has 0 saturated heterocycles. The van der Waals surface area contributed by atoms with Gasteiger partial charge in [-0.05, 0) is 35.2 Å². The number of rotatable bonds is 3. The van der Waals surface area contributed by atoms with Crippen molar-refractivity contribution in [3.63, 3.8) is 0 Å². The summed E-state index contributed by atoms with van der Waals surface area (Å²) in [6, 6.07) is 18.1. The van der Waals surface area contributed by atoms with E-state index in [1.54, 1.807) is 11.8 Å². The summed E-state index contributed by atoms with van der Waals surface area (Å²) in [5.41, 5.74) is 1.04. The van der Waals surface area contributed by atoms with Crippen LogP contribution in [0.2, 0.25) is 0 Å². The average molecular weight is 326 g/mol. The Balaban J connectivity index is 2.08. The molecule has 86 valence electrons. The van der Waals surface area contributed by atoms with Gasteiger partial charge in [-0.25, -0.2) is 0 Å². The maximum atomic E-state index is 6.22. The van der Waals surface area contributed by atoms with Gasteiger partial charge in [0.2, 0.25) is 0 Å². The van der Waals surface area contributed by atoms with E-state index in [9.17, 15) is 0 Å². The van der Waals surface area contributed by atoms with Crippen LogP contribution in [0.25, 0.3) is 5.03 Å². The second-order valence-corrected chi connectivity index (χ2v) is 5.67. The molecule has 2 rings (SSSR count). The third-order valence-electron chi connectivity index (χ3n) is 2.16. The van der Waals surface area contributed by atoms with Crippen molar-refractivity contribution in [2.24, 2.45) is 0 Å². The molecular formula is C14H10BrClS. The molecule has 0 N–H and O–H groups in total. The first-order valence-electron chi connectivity index (χ1n) is 5.09. The van der Waals surface area contributed by atoms with Gasteiger partial charge in [0.05, 0.1) is 5.03 Å². The van der Waals surface area contributed by atoms with Gasteiger partial charge in [0.25, 0.3) is 0 Å². The van der Waals surface area contributed by atoms with Crippen LogP contribution in [-0.2, 0) is 0 Å². The monoisotopic (exact) mass is 324 g/mol. The van der Waals surface area contributed by atoms with E-state index in [1.165, 1.54) is 4.90 Å². The number of halogens is 2. The highest BCUT2D eigenvalue weighted by molar-refractivity contribution is 9.10. The lowest BCUT2D eigenvalue weighted by Gasteiger charge is -2.00. The Labute approximate surface area is 119 Å². The summed E-state index contributed by atoms with van der Waals surface area (Å²) < 4.78 is 1.08. The molecule has 0 aromatic heterocycles. The van der Waals surface area contributed by atoms with Crippen molar-refractivity contribution >= 4 is 44.3 Å². The van der Waals surface area contributed by atoms with Crippen LogP contribution in [0.5, 0.6) is 0 Å². The van der Waals surface area contributed by atoms with Crippen molar-refractivity contribution in [2.45, 2.75) is 4.90 Å². The number of hydrogen-bond donors (Lipinski definition) is 0. The minimum atomic E-state index is 0.763. The van der Waals surface area contributed by atoms with Gasteiger partial charge >= 0.3 is 0 Å². The van der Waals surface area contributed by atoms with Gasteiger partial charge in [-0.1, -0.05) is 69.6 Å². The maximum Gasteiger partial charge on any atom is 0.0544 e. The molecule has 0 spiro atoms. The van der Waals surface area contributed by atoms with Crippen LogP contribution in [0.1, 0.15) is 5.56 Å². The van der Waals surface area contributed by atoms with Gasteiger partial charge in [0, 0.05) is 9.37 Å². The number of benzene rings is 2. The first-order chi connectivity index (χ1) is 8.25. The van der Waals surface area contributed by atoms with Crippen molar-refractivity contribution in [2.75, 3.05) is 0 Å². The zero-order valence-electron chi connectivity index (χ0n) is 8.94. The standard InChI is InChI=1S/C14H10BrClS/c15-12-6-8-13(9-7-12)17-10-14(16)11-4-2-1-3-5-11/h1-10H/b14-10-. The van der Waals surface area contributed by atoms with E-state index >= 15 is 0 Å². The highest BCUT2D eigenvalue weighted by Gasteiger charge is 1.97. The fourth-order valence-corrected chi connectivity index (χ4v) is 2.49. The SMILES string of the molecule is Cl/C(=C\Sc1ccc(Br)cc1)c1ccccc1.